The summed E-state index contributed by atoms with van der Waals surface area (Å²) in [5.41, 5.74) is 1.67. The summed E-state index contributed by atoms with van der Waals surface area (Å²) >= 11 is 1.21. The lowest BCUT2D eigenvalue weighted by atomic mass is 9.95. The molecule has 0 bridgehead atoms. The molecule has 8 heteroatoms. The van der Waals surface area contributed by atoms with Crippen molar-refractivity contribution in [2.75, 3.05) is 26.2 Å². The number of hydrogen-bond acceptors (Lipinski definition) is 6. The standard InChI is InChI=1S/C21H28N4O3S/c1-15-11-24(12-16(2)28-15)20(26)17-6-9-23(10-7-17)14-25-19(13-29-21(25)27)18-5-3-4-8-22-18/h3-5,8,13,15-17H,6-7,9-12,14H2,1-2H3. The SMILES string of the molecule is CC1CN(C(=O)C2CCN(Cn3c(-c4ccccn4)csc3=O)CC2)CC(C)O1. The highest BCUT2D eigenvalue weighted by Gasteiger charge is 2.32. The van der Waals surface area contributed by atoms with E-state index in [0.717, 1.165) is 37.3 Å². The zero-order valence-corrected chi connectivity index (χ0v) is 17.8. The van der Waals surface area contributed by atoms with Crippen molar-refractivity contribution in [1.82, 2.24) is 19.4 Å². The molecule has 2 aromatic heterocycles. The Morgan fingerprint density at radius 2 is 1.93 bits per heavy atom. The van der Waals surface area contributed by atoms with Crippen molar-refractivity contribution >= 4 is 17.2 Å². The first-order valence-corrected chi connectivity index (χ1v) is 11.2. The van der Waals surface area contributed by atoms with E-state index in [1.807, 2.05) is 42.3 Å². The van der Waals surface area contributed by atoms with Gasteiger partial charge in [0.2, 0.25) is 5.91 Å². The molecule has 7 nitrogen and oxygen atoms in total. The second-order valence-electron chi connectivity index (χ2n) is 8.06. The predicted molar refractivity (Wildman–Crippen MR) is 113 cm³/mol. The maximum atomic E-state index is 13.0. The van der Waals surface area contributed by atoms with Gasteiger partial charge in [-0.1, -0.05) is 17.4 Å². The van der Waals surface area contributed by atoms with E-state index in [2.05, 4.69) is 9.88 Å². The fraction of sp³-hybridized carbons (Fsp3) is 0.571. The number of pyridine rings is 1. The van der Waals surface area contributed by atoms with Crippen molar-refractivity contribution in [2.45, 2.75) is 45.6 Å². The highest BCUT2D eigenvalue weighted by molar-refractivity contribution is 7.07. The minimum absolute atomic E-state index is 0.0279. The molecule has 2 saturated heterocycles. The molecule has 1 amide bonds. The van der Waals surface area contributed by atoms with Crippen LogP contribution in [0, 0.1) is 5.92 Å². The van der Waals surface area contributed by atoms with Crippen LogP contribution in [0.25, 0.3) is 11.4 Å². The van der Waals surface area contributed by atoms with Gasteiger partial charge in [-0.05, 0) is 38.8 Å². The molecule has 0 aliphatic carbocycles. The Labute approximate surface area is 174 Å². The number of thiazole rings is 1. The summed E-state index contributed by atoms with van der Waals surface area (Å²) < 4.78 is 7.54. The first-order valence-electron chi connectivity index (χ1n) is 10.3. The van der Waals surface area contributed by atoms with Gasteiger partial charge in [0.05, 0.1) is 30.3 Å². The second-order valence-corrected chi connectivity index (χ2v) is 8.88. The number of aromatic nitrogens is 2. The predicted octanol–water partition coefficient (Wildman–Crippen LogP) is 2.28. The largest absolute Gasteiger partial charge is 0.372 e. The van der Waals surface area contributed by atoms with Crippen LogP contribution < -0.4 is 4.87 Å². The molecule has 0 N–H and O–H groups in total. The molecule has 4 heterocycles. The molecule has 2 unspecified atom stereocenters. The van der Waals surface area contributed by atoms with Crippen LogP contribution in [0.3, 0.4) is 0 Å². The number of carbonyl (C=O) groups is 1. The number of ether oxygens (including phenoxy) is 1. The average molecular weight is 417 g/mol. The van der Waals surface area contributed by atoms with Crippen molar-refractivity contribution in [3.05, 3.63) is 39.4 Å². The number of piperidine rings is 1. The van der Waals surface area contributed by atoms with E-state index in [9.17, 15) is 9.59 Å². The van der Waals surface area contributed by atoms with E-state index in [1.165, 1.54) is 11.3 Å². The van der Waals surface area contributed by atoms with Gasteiger partial charge >= 0.3 is 4.87 Å². The van der Waals surface area contributed by atoms with Gasteiger partial charge in [0, 0.05) is 43.7 Å². The van der Waals surface area contributed by atoms with E-state index < -0.39 is 0 Å². The van der Waals surface area contributed by atoms with Gasteiger partial charge < -0.3 is 9.64 Å². The van der Waals surface area contributed by atoms with Crippen LogP contribution in [0.5, 0.6) is 0 Å². The Bertz CT molecular complexity index is 879. The van der Waals surface area contributed by atoms with Gasteiger partial charge in [0.15, 0.2) is 0 Å². The van der Waals surface area contributed by atoms with Gasteiger partial charge in [-0.3, -0.25) is 24.0 Å². The van der Waals surface area contributed by atoms with Crippen molar-refractivity contribution in [3.8, 4) is 11.4 Å². The third-order valence-corrected chi connectivity index (χ3v) is 6.48. The van der Waals surface area contributed by atoms with E-state index in [4.69, 9.17) is 4.74 Å². The smallest absolute Gasteiger partial charge is 0.308 e. The van der Waals surface area contributed by atoms with Crippen molar-refractivity contribution < 1.29 is 9.53 Å². The highest BCUT2D eigenvalue weighted by Crippen LogP contribution is 2.24. The molecule has 2 aliphatic rings. The number of hydrogen-bond donors (Lipinski definition) is 0. The van der Waals surface area contributed by atoms with E-state index in [1.54, 1.807) is 10.8 Å². The van der Waals surface area contributed by atoms with Crippen LogP contribution in [0.4, 0.5) is 0 Å². The summed E-state index contributed by atoms with van der Waals surface area (Å²) in [6.45, 7) is 7.58. The number of likely N-dealkylation sites (tertiary alicyclic amines) is 1. The van der Waals surface area contributed by atoms with Gasteiger partial charge in [-0.25, -0.2) is 0 Å². The first-order chi connectivity index (χ1) is 14.0. The molecule has 0 spiro atoms. The highest BCUT2D eigenvalue weighted by atomic mass is 32.1. The van der Waals surface area contributed by atoms with Gasteiger partial charge in [-0.15, -0.1) is 0 Å². The fourth-order valence-corrected chi connectivity index (χ4v) is 5.06. The molecule has 2 fully saturated rings. The molecule has 2 aliphatic heterocycles. The van der Waals surface area contributed by atoms with E-state index >= 15 is 0 Å². The summed E-state index contributed by atoms with van der Waals surface area (Å²) in [6, 6.07) is 5.72. The molecule has 156 valence electrons. The zero-order valence-electron chi connectivity index (χ0n) is 17.0. The zero-order chi connectivity index (χ0) is 20.4. The number of carbonyl (C=O) groups excluding carboxylic acids is 1. The fourth-order valence-electron chi connectivity index (χ4n) is 4.32. The van der Waals surface area contributed by atoms with Crippen molar-refractivity contribution in [2.24, 2.45) is 5.92 Å². The van der Waals surface area contributed by atoms with E-state index in [-0.39, 0.29) is 28.9 Å². The van der Waals surface area contributed by atoms with Crippen molar-refractivity contribution in [3.63, 3.8) is 0 Å². The minimum atomic E-state index is 0.0279. The molecule has 2 atom stereocenters. The van der Waals surface area contributed by atoms with Crippen molar-refractivity contribution in [1.29, 1.82) is 0 Å². The van der Waals surface area contributed by atoms with Crippen LogP contribution in [-0.2, 0) is 16.2 Å². The van der Waals surface area contributed by atoms with E-state index in [0.29, 0.717) is 19.8 Å². The molecular weight excluding hydrogens is 388 g/mol. The summed E-state index contributed by atoms with van der Waals surface area (Å²) in [5, 5.41) is 1.88. The molecule has 0 saturated carbocycles. The second kappa shape index (κ2) is 8.77. The summed E-state index contributed by atoms with van der Waals surface area (Å²) in [7, 11) is 0. The molecular formula is C21H28N4O3S. The number of rotatable bonds is 4. The average Bonchev–Trinajstić information content (AvgIpc) is 3.08. The maximum absolute atomic E-state index is 13.0. The number of nitrogens with zero attached hydrogens (tertiary/aromatic N) is 4. The Balaban J connectivity index is 1.37. The van der Waals surface area contributed by atoms with Gasteiger partial charge in [-0.2, -0.15) is 0 Å². The number of morpholine rings is 1. The van der Waals surface area contributed by atoms with Gasteiger partial charge in [0.1, 0.15) is 0 Å². The molecule has 4 rings (SSSR count). The number of amides is 1. The third-order valence-electron chi connectivity index (χ3n) is 5.72. The quantitative estimate of drug-likeness (QED) is 0.765. The normalized spacial score (nSPS) is 24.0. The lowest BCUT2D eigenvalue weighted by molar-refractivity contribution is -0.149. The molecule has 0 aromatic carbocycles. The summed E-state index contributed by atoms with van der Waals surface area (Å²) in [6.07, 6.45) is 3.59. The maximum Gasteiger partial charge on any atom is 0.308 e. The Morgan fingerprint density at radius 3 is 2.59 bits per heavy atom. The van der Waals surface area contributed by atoms with Crippen LogP contribution in [0.1, 0.15) is 26.7 Å². The minimum Gasteiger partial charge on any atom is -0.372 e. The Morgan fingerprint density at radius 1 is 1.21 bits per heavy atom. The molecule has 29 heavy (non-hydrogen) atoms. The molecule has 0 radical (unpaired) electrons. The van der Waals surface area contributed by atoms with Crippen LogP contribution in [0.2, 0.25) is 0 Å². The van der Waals surface area contributed by atoms with Gasteiger partial charge in [0.25, 0.3) is 0 Å². The monoisotopic (exact) mass is 416 g/mol. The Hall–Kier alpha value is -2.03. The lowest BCUT2D eigenvalue weighted by Gasteiger charge is -2.39. The topological polar surface area (TPSA) is 67.7 Å². The van der Waals surface area contributed by atoms with Crippen LogP contribution in [0.15, 0.2) is 34.6 Å². The Kier molecular flexibility index (Phi) is 6.12. The summed E-state index contributed by atoms with van der Waals surface area (Å²) in [4.78, 5) is 34.0. The van der Waals surface area contributed by atoms with Crippen LogP contribution >= 0.6 is 11.3 Å². The lowest BCUT2D eigenvalue weighted by Crippen LogP contribution is -2.51. The molecule has 2 aromatic rings. The summed E-state index contributed by atoms with van der Waals surface area (Å²) in [5.74, 6) is 0.326. The van der Waals surface area contributed by atoms with Crippen LogP contribution in [-0.4, -0.2) is 63.6 Å². The third kappa shape index (κ3) is 4.60. The first kappa shape index (κ1) is 20.3.